The van der Waals surface area contributed by atoms with Gasteiger partial charge in [-0.25, -0.2) is 4.98 Å². The highest BCUT2D eigenvalue weighted by molar-refractivity contribution is 8.00. The Kier molecular flexibility index (Phi) is 5.99. The third-order valence-corrected chi connectivity index (χ3v) is 5.06. The predicted octanol–water partition coefficient (Wildman–Crippen LogP) is 4.00. The van der Waals surface area contributed by atoms with Crippen molar-refractivity contribution in [2.24, 2.45) is 0 Å². The van der Waals surface area contributed by atoms with Crippen LogP contribution in [0.5, 0.6) is 5.75 Å². The Morgan fingerprint density at radius 1 is 1.33 bits per heavy atom. The summed E-state index contributed by atoms with van der Waals surface area (Å²) < 4.78 is 5.23. The Hall–Kier alpha value is -2.98. The van der Waals surface area contributed by atoms with E-state index in [0.717, 1.165) is 22.5 Å². The van der Waals surface area contributed by atoms with Crippen molar-refractivity contribution in [2.75, 3.05) is 18.6 Å². The summed E-state index contributed by atoms with van der Waals surface area (Å²) in [5, 5.41) is 9.24. The fraction of sp³-hybridized carbons (Fsp3) is 0.250. The number of aromatic amines is 1. The maximum absolute atomic E-state index is 13.0. The summed E-state index contributed by atoms with van der Waals surface area (Å²) in [6, 6.07) is 17.1. The monoisotopic (exact) mass is 380 g/mol. The van der Waals surface area contributed by atoms with Gasteiger partial charge in [0.15, 0.2) is 5.16 Å². The number of amides is 1. The number of benzene rings is 2. The predicted molar refractivity (Wildman–Crippen MR) is 107 cm³/mol. The number of H-pyrrole nitrogens is 1. The largest absolute Gasteiger partial charge is 0.497 e. The minimum atomic E-state index is -0.355. The molecule has 1 heterocycles. The molecule has 0 aliphatic rings. The van der Waals surface area contributed by atoms with Gasteiger partial charge in [-0.3, -0.25) is 4.79 Å². The Morgan fingerprint density at radius 3 is 2.81 bits per heavy atom. The van der Waals surface area contributed by atoms with Crippen LogP contribution in [0, 0.1) is 11.3 Å². The summed E-state index contributed by atoms with van der Waals surface area (Å²) in [7, 11) is 1.62. The fourth-order valence-electron chi connectivity index (χ4n) is 2.72. The average molecular weight is 380 g/mol. The van der Waals surface area contributed by atoms with Crippen molar-refractivity contribution in [3.05, 3.63) is 48.5 Å². The van der Waals surface area contributed by atoms with E-state index in [-0.39, 0.29) is 17.6 Å². The molecule has 1 atom stereocenters. The lowest BCUT2D eigenvalue weighted by Crippen LogP contribution is -2.37. The van der Waals surface area contributed by atoms with E-state index in [1.165, 1.54) is 11.8 Å². The molecule has 7 heteroatoms. The van der Waals surface area contributed by atoms with Gasteiger partial charge in [0.1, 0.15) is 5.75 Å². The number of carbonyl (C=O) groups excluding carboxylic acids is 1. The zero-order valence-corrected chi connectivity index (χ0v) is 16.0. The molecule has 1 aromatic heterocycles. The number of imidazole rings is 1. The lowest BCUT2D eigenvalue weighted by molar-refractivity contribution is -0.117. The van der Waals surface area contributed by atoms with E-state index in [1.54, 1.807) is 12.0 Å². The number of nitrogens with zero attached hydrogens (tertiary/aromatic N) is 3. The summed E-state index contributed by atoms with van der Waals surface area (Å²) in [6.07, 6.45) is 0.280. The first-order valence-electron chi connectivity index (χ1n) is 8.56. The second-order valence-corrected chi connectivity index (χ2v) is 7.25. The number of nitrogens with one attached hydrogen (secondary N) is 1. The molecule has 0 saturated carbocycles. The molecule has 2 aromatic carbocycles. The molecular weight excluding hydrogens is 360 g/mol. The molecule has 0 bridgehead atoms. The number of para-hydroxylation sites is 1. The van der Waals surface area contributed by atoms with Crippen LogP contribution in [-0.4, -0.2) is 34.8 Å². The first kappa shape index (κ1) is 18.8. The Balaban J connectivity index is 1.78. The Morgan fingerprint density at radius 2 is 2.11 bits per heavy atom. The van der Waals surface area contributed by atoms with Crippen molar-refractivity contribution >= 4 is 34.4 Å². The van der Waals surface area contributed by atoms with Gasteiger partial charge in [-0.1, -0.05) is 30.0 Å². The van der Waals surface area contributed by atoms with Gasteiger partial charge in [-0.2, -0.15) is 5.26 Å². The molecule has 138 valence electrons. The van der Waals surface area contributed by atoms with Gasteiger partial charge in [0.05, 0.1) is 35.9 Å². The number of hydrogen-bond donors (Lipinski definition) is 1. The Labute approximate surface area is 162 Å². The molecule has 0 saturated heterocycles. The van der Waals surface area contributed by atoms with Crippen LogP contribution in [0.25, 0.3) is 11.0 Å². The van der Waals surface area contributed by atoms with E-state index in [9.17, 15) is 4.79 Å². The molecular formula is C20H20N4O2S. The summed E-state index contributed by atoms with van der Waals surface area (Å²) >= 11 is 1.37. The maximum Gasteiger partial charge on any atom is 0.240 e. The first-order chi connectivity index (χ1) is 13.1. The molecule has 0 spiro atoms. The average Bonchev–Trinajstić information content (AvgIpc) is 3.10. The van der Waals surface area contributed by atoms with Crippen LogP contribution in [-0.2, 0) is 4.79 Å². The number of rotatable bonds is 7. The molecule has 3 rings (SSSR count). The highest BCUT2D eigenvalue weighted by Crippen LogP contribution is 2.27. The molecule has 1 N–H and O–H groups in total. The van der Waals surface area contributed by atoms with Crippen molar-refractivity contribution in [1.82, 2.24) is 9.97 Å². The van der Waals surface area contributed by atoms with E-state index in [4.69, 9.17) is 10.00 Å². The molecule has 0 unspecified atom stereocenters. The summed E-state index contributed by atoms with van der Waals surface area (Å²) in [6.45, 7) is 2.21. The summed E-state index contributed by atoms with van der Waals surface area (Å²) in [5.41, 5.74) is 2.47. The fourth-order valence-corrected chi connectivity index (χ4v) is 3.60. The van der Waals surface area contributed by atoms with E-state index < -0.39 is 0 Å². The number of ether oxygens (including phenoxy) is 1. The van der Waals surface area contributed by atoms with Crippen molar-refractivity contribution in [3.63, 3.8) is 0 Å². The Bertz CT molecular complexity index is 965. The third kappa shape index (κ3) is 4.41. The second-order valence-electron chi connectivity index (χ2n) is 5.92. The number of carbonyl (C=O) groups is 1. The molecule has 27 heavy (non-hydrogen) atoms. The third-order valence-electron chi connectivity index (χ3n) is 4.08. The van der Waals surface area contributed by atoms with E-state index >= 15 is 0 Å². The highest BCUT2D eigenvalue weighted by atomic mass is 32.2. The number of fused-ring (bicyclic) bond motifs is 1. The number of hydrogen-bond acceptors (Lipinski definition) is 5. The van der Waals surface area contributed by atoms with Gasteiger partial charge < -0.3 is 14.6 Å². The standard InChI is InChI=1S/C20H20N4O2S/c1-14(19(25)24(12-6-11-21)15-7-4-3-5-8-15)27-20-22-17-10-9-16(26-2)13-18(17)23-20/h3-5,7-10,13-14H,6,12H2,1-2H3,(H,22,23)/t14-/m0/s1. The highest BCUT2D eigenvalue weighted by Gasteiger charge is 2.23. The minimum absolute atomic E-state index is 0.0560. The zero-order valence-electron chi connectivity index (χ0n) is 15.2. The smallest absolute Gasteiger partial charge is 0.240 e. The van der Waals surface area contributed by atoms with Crippen molar-refractivity contribution in [2.45, 2.75) is 23.8 Å². The molecule has 3 aromatic rings. The number of thioether (sulfide) groups is 1. The zero-order chi connectivity index (χ0) is 19.2. The number of aromatic nitrogens is 2. The van der Waals surface area contributed by atoms with Crippen molar-refractivity contribution in [3.8, 4) is 11.8 Å². The molecule has 0 radical (unpaired) electrons. The lowest BCUT2D eigenvalue weighted by atomic mass is 10.2. The number of anilines is 1. The molecule has 0 aliphatic heterocycles. The van der Waals surface area contributed by atoms with Gasteiger partial charge in [0, 0.05) is 18.3 Å². The van der Waals surface area contributed by atoms with Gasteiger partial charge in [-0.15, -0.1) is 0 Å². The first-order valence-corrected chi connectivity index (χ1v) is 9.44. The van der Waals surface area contributed by atoms with Crippen LogP contribution in [0.15, 0.2) is 53.7 Å². The molecule has 0 aliphatic carbocycles. The van der Waals surface area contributed by atoms with Crippen LogP contribution in [0.1, 0.15) is 13.3 Å². The lowest BCUT2D eigenvalue weighted by Gasteiger charge is -2.24. The van der Waals surface area contributed by atoms with Gasteiger partial charge in [-0.05, 0) is 31.2 Å². The number of methoxy groups -OCH3 is 1. The van der Waals surface area contributed by atoms with Crippen molar-refractivity contribution in [1.29, 1.82) is 5.26 Å². The van der Waals surface area contributed by atoms with Crippen LogP contribution in [0.3, 0.4) is 0 Å². The molecule has 6 nitrogen and oxygen atoms in total. The van der Waals surface area contributed by atoms with E-state index in [0.29, 0.717) is 11.7 Å². The van der Waals surface area contributed by atoms with Crippen LogP contribution < -0.4 is 9.64 Å². The van der Waals surface area contributed by atoms with Gasteiger partial charge >= 0.3 is 0 Å². The summed E-state index contributed by atoms with van der Waals surface area (Å²) in [5.74, 6) is 0.693. The van der Waals surface area contributed by atoms with E-state index in [1.807, 2.05) is 55.5 Å². The van der Waals surface area contributed by atoms with E-state index in [2.05, 4.69) is 16.0 Å². The number of nitriles is 1. The topological polar surface area (TPSA) is 82.0 Å². The maximum atomic E-state index is 13.0. The van der Waals surface area contributed by atoms with Gasteiger partial charge in [0.25, 0.3) is 0 Å². The summed E-state index contributed by atoms with van der Waals surface area (Å²) in [4.78, 5) is 22.4. The molecule has 1 amide bonds. The molecule has 0 fully saturated rings. The van der Waals surface area contributed by atoms with Crippen LogP contribution in [0.2, 0.25) is 0 Å². The SMILES string of the molecule is COc1ccc2nc(S[C@@H](C)C(=O)N(CCC#N)c3ccccc3)[nH]c2c1. The van der Waals surface area contributed by atoms with Gasteiger partial charge in [0.2, 0.25) is 5.91 Å². The second kappa shape index (κ2) is 8.60. The van der Waals surface area contributed by atoms with Crippen LogP contribution >= 0.6 is 11.8 Å². The van der Waals surface area contributed by atoms with Crippen molar-refractivity contribution < 1.29 is 9.53 Å². The normalized spacial score (nSPS) is 11.7. The minimum Gasteiger partial charge on any atom is -0.497 e. The van der Waals surface area contributed by atoms with Crippen LogP contribution in [0.4, 0.5) is 5.69 Å². The quantitative estimate of drug-likeness (QED) is 0.627.